The minimum atomic E-state index is -4.92. The van der Waals surface area contributed by atoms with Crippen molar-refractivity contribution in [2.24, 2.45) is 7.05 Å². The van der Waals surface area contributed by atoms with Crippen molar-refractivity contribution in [3.05, 3.63) is 100 Å². The first-order valence-electron chi connectivity index (χ1n) is 17.8. The summed E-state index contributed by atoms with van der Waals surface area (Å²) >= 11 is 0. The number of carbonyl (C=O) groups is 1. The van der Waals surface area contributed by atoms with E-state index in [1.54, 1.807) is 37.4 Å². The van der Waals surface area contributed by atoms with E-state index in [4.69, 9.17) is 14.5 Å². The van der Waals surface area contributed by atoms with Crippen molar-refractivity contribution in [3.8, 4) is 17.1 Å². The van der Waals surface area contributed by atoms with Crippen LogP contribution in [0.3, 0.4) is 0 Å². The molecular weight excluding hydrogens is 879 g/mol. The highest BCUT2D eigenvalue weighted by Gasteiger charge is 2.30. The summed E-state index contributed by atoms with van der Waals surface area (Å²) in [6.45, 7) is -1.57. The molecule has 2 heterocycles. The van der Waals surface area contributed by atoms with Crippen molar-refractivity contribution >= 4 is 81.7 Å². The quantitative estimate of drug-likeness (QED) is 0.0355. The monoisotopic (exact) mass is 911 g/mol. The fraction of sp³-hybridized carbons (Fsp3) is 0.139. The van der Waals surface area contributed by atoms with Gasteiger partial charge in [-0.1, -0.05) is 24.3 Å². The molecule has 6 aromatic rings. The number of aromatic nitrogens is 4. The highest BCUT2D eigenvalue weighted by Crippen LogP contribution is 2.43. The number of aromatic hydroxyl groups is 1. The van der Waals surface area contributed by atoms with Gasteiger partial charge in [0, 0.05) is 42.8 Å². The van der Waals surface area contributed by atoms with Gasteiger partial charge in [-0.05, 0) is 59.7 Å². The van der Waals surface area contributed by atoms with Crippen LogP contribution < -0.4 is 32.5 Å². The molecular formula is C36H33N9O14S3. The number of ketones is 1. The third kappa shape index (κ3) is 8.81. The van der Waals surface area contributed by atoms with Gasteiger partial charge in [0.05, 0.1) is 46.3 Å². The van der Waals surface area contributed by atoms with Gasteiger partial charge in [0.15, 0.2) is 5.78 Å². The molecule has 0 atom stereocenters. The lowest BCUT2D eigenvalue weighted by atomic mass is 9.83. The maximum atomic E-state index is 14.1. The number of aryl methyl sites for hydroxylation is 1. The van der Waals surface area contributed by atoms with Crippen molar-refractivity contribution in [1.29, 1.82) is 0 Å². The summed E-state index contributed by atoms with van der Waals surface area (Å²) in [5.41, 5.74) is 4.94. The van der Waals surface area contributed by atoms with Crippen molar-refractivity contribution in [2.45, 2.75) is 14.7 Å². The van der Waals surface area contributed by atoms with E-state index in [-0.39, 0.29) is 41.3 Å². The van der Waals surface area contributed by atoms with Gasteiger partial charge < -0.3 is 35.8 Å². The van der Waals surface area contributed by atoms with Crippen LogP contribution in [0.1, 0.15) is 15.9 Å². The van der Waals surface area contributed by atoms with E-state index >= 15 is 0 Å². The first-order chi connectivity index (χ1) is 29.4. The van der Waals surface area contributed by atoms with E-state index in [9.17, 15) is 44.5 Å². The van der Waals surface area contributed by atoms with E-state index in [1.807, 2.05) is 11.0 Å². The molecule has 0 radical (unpaired) electrons. The normalized spacial score (nSPS) is 12.6. The molecule has 0 aliphatic heterocycles. The Morgan fingerprint density at radius 1 is 0.661 bits per heavy atom. The summed E-state index contributed by atoms with van der Waals surface area (Å²) in [6.07, 6.45) is 0. The maximum Gasteiger partial charge on any atom is 0.320 e. The van der Waals surface area contributed by atoms with E-state index in [0.717, 1.165) is 24.3 Å². The van der Waals surface area contributed by atoms with Gasteiger partial charge in [0.2, 0.25) is 11.9 Å². The molecule has 62 heavy (non-hydrogen) atoms. The van der Waals surface area contributed by atoms with Crippen molar-refractivity contribution in [1.82, 2.24) is 30.5 Å². The predicted molar refractivity (Wildman–Crippen MR) is 219 cm³/mol. The van der Waals surface area contributed by atoms with Crippen LogP contribution in [0.15, 0.2) is 98.3 Å². The fourth-order valence-corrected chi connectivity index (χ4v) is 8.76. The van der Waals surface area contributed by atoms with Gasteiger partial charge >= 0.3 is 26.2 Å². The molecule has 0 unspecified atom stereocenters. The number of nitrogens with zero attached hydrogens (tertiary/aromatic N) is 4. The molecule has 9 N–H and O–H groups in total. The van der Waals surface area contributed by atoms with Crippen molar-refractivity contribution in [3.63, 3.8) is 0 Å². The molecule has 7 rings (SSSR count). The number of hydroxylamine groups is 2. The Balaban J connectivity index is 1.26. The average molecular weight is 912 g/mol. The van der Waals surface area contributed by atoms with Crippen LogP contribution in [0.4, 0.5) is 34.6 Å². The number of carbonyl (C=O) groups excluding carboxylic acids is 1. The van der Waals surface area contributed by atoms with Crippen molar-refractivity contribution < 1.29 is 58.5 Å². The molecule has 0 saturated carbocycles. The summed E-state index contributed by atoms with van der Waals surface area (Å²) in [7, 11) is -12.8. The number of nitrogens with one attached hydrogen (secondary N) is 5. The molecule has 0 amide bonds. The Labute approximate surface area is 351 Å². The van der Waals surface area contributed by atoms with E-state index in [1.165, 1.54) is 28.8 Å². The van der Waals surface area contributed by atoms with Crippen LogP contribution >= 0.6 is 0 Å². The van der Waals surface area contributed by atoms with E-state index in [0.29, 0.717) is 27.6 Å². The summed E-state index contributed by atoms with van der Waals surface area (Å²) in [5, 5.41) is 37.1. The first-order valence-corrected chi connectivity index (χ1v) is 22.0. The minimum absolute atomic E-state index is 0.0258. The second kappa shape index (κ2) is 17.1. The molecule has 0 saturated heterocycles. The number of aliphatic hydroxyl groups is 2. The predicted octanol–water partition coefficient (Wildman–Crippen LogP) is 1.52. The summed E-state index contributed by atoms with van der Waals surface area (Å²) < 4.78 is 98.1. The van der Waals surface area contributed by atoms with Crippen LogP contribution in [-0.4, -0.2) is 96.7 Å². The van der Waals surface area contributed by atoms with Gasteiger partial charge in [-0.15, -0.1) is 0 Å². The largest absolute Gasteiger partial charge is 0.479 e. The summed E-state index contributed by atoms with van der Waals surface area (Å²) in [4.78, 5) is 36.8. The molecule has 0 spiro atoms. The summed E-state index contributed by atoms with van der Waals surface area (Å²) in [6, 6.07) is 16.1. The van der Waals surface area contributed by atoms with Crippen LogP contribution in [0.2, 0.25) is 0 Å². The second-order valence-corrected chi connectivity index (χ2v) is 17.5. The Morgan fingerprint density at radius 3 is 1.97 bits per heavy atom. The summed E-state index contributed by atoms with van der Waals surface area (Å²) in [5.74, 6) is -1.43. The lowest BCUT2D eigenvalue weighted by Gasteiger charge is -2.24. The lowest BCUT2D eigenvalue weighted by Crippen LogP contribution is -2.24. The molecule has 2 aromatic heterocycles. The van der Waals surface area contributed by atoms with Crippen LogP contribution in [0.5, 0.6) is 6.01 Å². The fourth-order valence-electron chi connectivity index (χ4n) is 6.36. The Bertz CT molecular complexity index is 3190. The number of hydrogen-bond acceptors (Lipinski definition) is 21. The third-order valence-electron chi connectivity index (χ3n) is 9.03. The van der Waals surface area contributed by atoms with E-state index < -0.39 is 87.6 Å². The SMILES string of the molecule is Cn1c(=O)cc2c3c(c(Nc4cc(Nc5nc(O)nc(Nc6cc(S(=O)(=O)ONCCO)ccc6S(=O)(=O)ONCCO)n5)ccc4S(=O)(=O)O)ccc31)C(=O)c1ccccc1-2. The number of hydrogen-bond donors (Lipinski definition) is 9. The number of benzene rings is 4. The standard InChI is InChI=1S/C36H33N9O14S3/c1-45-27-9-8-24(32-31(27)23(18-30(45)48)21-4-2-3-5-22(21)33(32)49)40-25-16-19(6-10-28(25)60(51,52)53)39-34-42-35(44-36(50)43-34)41-26-17-20(61(54,55)58-37-12-14-46)7-11-29(26)62(56,57)59-38-13-15-47/h2-11,16-18,37-38,40,46-47H,12-15H2,1H3,(H,51,52,53)(H3,39,41,42,43,44,50). The molecule has 0 bridgehead atoms. The Morgan fingerprint density at radius 2 is 1.29 bits per heavy atom. The topological polar surface area (TPSA) is 340 Å². The molecule has 324 valence electrons. The molecule has 1 aliphatic rings. The highest BCUT2D eigenvalue weighted by atomic mass is 32.2. The number of rotatable bonds is 17. The van der Waals surface area contributed by atoms with E-state index in [2.05, 4.69) is 35.2 Å². The molecule has 23 nitrogen and oxygen atoms in total. The molecule has 4 aromatic carbocycles. The molecule has 26 heteroatoms. The lowest BCUT2D eigenvalue weighted by molar-refractivity contribution is 0.104. The zero-order valence-electron chi connectivity index (χ0n) is 31.7. The molecule has 0 fully saturated rings. The smallest absolute Gasteiger partial charge is 0.320 e. The van der Waals surface area contributed by atoms with Crippen LogP contribution in [0, 0.1) is 0 Å². The zero-order valence-corrected chi connectivity index (χ0v) is 34.2. The Kier molecular flexibility index (Phi) is 12.1. The number of fused-ring (bicyclic) bond motifs is 2. The number of anilines is 6. The van der Waals surface area contributed by atoms with Gasteiger partial charge in [-0.25, -0.2) is 0 Å². The van der Waals surface area contributed by atoms with Gasteiger partial charge in [0.25, 0.3) is 15.7 Å². The highest BCUT2D eigenvalue weighted by molar-refractivity contribution is 7.87. The first kappa shape index (κ1) is 43.6. The van der Waals surface area contributed by atoms with Gasteiger partial charge in [0.1, 0.15) is 9.79 Å². The number of aliphatic hydroxyl groups excluding tert-OH is 2. The minimum Gasteiger partial charge on any atom is -0.479 e. The second-order valence-electron chi connectivity index (χ2n) is 13.0. The zero-order chi connectivity index (χ0) is 44.6. The van der Waals surface area contributed by atoms with Crippen LogP contribution in [-0.2, 0) is 46.0 Å². The van der Waals surface area contributed by atoms with Crippen LogP contribution in [0.25, 0.3) is 22.0 Å². The average Bonchev–Trinajstić information content (AvgIpc) is 3.21. The molecule has 1 aliphatic carbocycles. The maximum absolute atomic E-state index is 14.1. The number of pyridine rings is 1. The van der Waals surface area contributed by atoms with Gasteiger partial charge in [-0.2, -0.15) is 59.7 Å². The van der Waals surface area contributed by atoms with Crippen molar-refractivity contribution in [2.75, 3.05) is 42.3 Å². The van der Waals surface area contributed by atoms with Gasteiger partial charge in [-0.3, -0.25) is 14.1 Å². The Hall–Kier alpha value is -6.46. The third-order valence-corrected chi connectivity index (χ3v) is 12.3.